The first-order chi connectivity index (χ1) is 7.05. The number of hydrogen-bond acceptors (Lipinski definition) is 3. The molecule has 96 valence electrons. The van der Waals surface area contributed by atoms with Crippen molar-refractivity contribution in [3.05, 3.63) is 0 Å². The van der Waals surface area contributed by atoms with Gasteiger partial charge < -0.3 is 9.47 Å². The highest BCUT2D eigenvalue weighted by atomic mass is 19.4. The Hall–Kier alpha value is -0.990. The fourth-order valence-corrected chi connectivity index (χ4v) is 1.01. The van der Waals surface area contributed by atoms with Gasteiger partial charge in [-0.1, -0.05) is 0 Å². The zero-order valence-electron chi connectivity index (χ0n) is 8.15. The highest BCUT2D eigenvalue weighted by Gasteiger charge is 2.62. The lowest BCUT2D eigenvalue weighted by Gasteiger charge is -2.27. The lowest BCUT2D eigenvalue weighted by Crippen LogP contribution is -2.49. The minimum Gasteiger partial charge on any atom is -0.467 e. The summed E-state index contributed by atoms with van der Waals surface area (Å²) < 4.78 is 80.6. The van der Waals surface area contributed by atoms with Gasteiger partial charge >= 0.3 is 18.3 Å². The van der Waals surface area contributed by atoms with Gasteiger partial charge in [-0.2, -0.15) is 26.3 Å². The molecule has 0 N–H and O–H groups in total. The minimum atomic E-state index is -5.65. The van der Waals surface area contributed by atoms with Crippen LogP contribution in [0, 0.1) is 5.92 Å². The van der Waals surface area contributed by atoms with E-state index in [0.29, 0.717) is 14.2 Å². The topological polar surface area (TPSA) is 35.5 Å². The van der Waals surface area contributed by atoms with Gasteiger partial charge in [-0.3, -0.25) is 0 Å². The van der Waals surface area contributed by atoms with Gasteiger partial charge in [0.05, 0.1) is 7.11 Å². The molecular weight excluding hydrogens is 246 g/mol. The third kappa shape index (κ3) is 3.54. The summed E-state index contributed by atoms with van der Waals surface area (Å²) in [4.78, 5) is 10.7. The van der Waals surface area contributed by atoms with E-state index in [0.717, 1.165) is 0 Å². The van der Waals surface area contributed by atoms with Gasteiger partial charge in [-0.25, -0.2) is 4.79 Å². The molecule has 0 aliphatic carbocycles. The van der Waals surface area contributed by atoms with E-state index in [1.165, 1.54) is 0 Å². The number of methoxy groups -OCH3 is 2. The van der Waals surface area contributed by atoms with E-state index < -0.39 is 30.3 Å². The predicted octanol–water partition coefficient (Wildman–Crippen LogP) is 1.92. The first-order valence-electron chi connectivity index (χ1n) is 3.79. The zero-order valence-corrected chi connectivity index (χ0v) is 8.15. The van der Waals surface area contributed by atoms with Gasteiger partial charge in [0, 0.05) is 7.11 Å². The molecule has 3 nitrogen and oxygen atoms in total. The van der Waals surface area contributed by atoms with E-state index in [-0.39, 0.29) is 0 Å². The normalized spacial score (nSPS) is 15.1. The Morgan fingerprint density at radius 1 is 1.00 bits per heavy atom. The second-order valence-corrected chi connectivity index (χ2v) is 2.74. The Labute approximate surface area is 86.3 Å². The van der Waals surface area contributed by atoms with Crippen molar-refractivity contribution >= 4 is 5.97 Å². The largest absolute Gasteiger partial charge is 0.467 e. The second kappa shape index (κ2) is 4.89. The maximum absolute atomic E-state index is 12.1. The first-order valence-corrected chi connectivity index (χ1v) is 3.79. The SMILES string of the molecule is COC(=O)C(OC)C(C(F)(F)F)C(F)(F)F. The van der Waals surface area contributed by atoms with Gasteiger partial charge in [0.1, 0.15) is 0 Å². The molecule has 0 amide bonds. The molecule has 0 radical (unpaired) electrons. The fourth-order valence-electron chi connectivity index (χ4n) is 1.01. The molecule has 0 saturated carbocycles. The lowest BCUT2D eigenvalue weighted by molar-refractivity contribution is -0.307. The number of rotatable bonds is 3. The number of carbonyl (C=O) groups is 1. The van der Waals surface area contributed by atoms with Gasteiger partial charge in [-0.05, 0) is 0 Å². The Bertz CT molecular complexity index is 231. The quantitative estimate of drug-likeness (QED) is 0.570. The highest BCUT2D eigenvalue weighted by Crippen LogP contribution is 2.42. The second-order valence-electron chi connectivity index (χ2n) is 2.74. The van der Waals surface area contributed by atoms with Crippen LogP contribution >= 0.6 is 0 Å². The van der Waals surface area contributed by atoms with Crippen molar-refractivity contribution in [1.82, 2.24) is 0 Å². The number of halogens is 6. The number of carbonyl (C=O) groups excluding carboxylic acids is 1. The molecule has 0 rings (SSSR count). The molecule has 0 spiro atoms. The van der Waals surface area contributed by atoms with E-state index >= 15 is 0 Å². The van der Waals surface area contributed by atoms with Crippen LogP contribution in [0.1, 0.15) is 0 Å². The molecule has 0 aliphatic heterocycles. The fraction of sp³-hybridized carbons (Fsp3) is 0.857. The molecule has 1 atom stereocenters. The molecule has 1 unspecified atom stereocenters. The zero-order chi connectivity index (χ0) is 13.1. The number of esters is 1. The maximum Gasteiger partial charge on any atom is 0.403 e. The van der Waals surface area contributed by atoms with Gasteiger partial charge in [0.2, 0.25) is 0 Å². The van der Waals surface area contributed by atoms with E-state index in [9.17, 15) is 31.1 Å². The Morgan fingerprint density at radius 2 is 1.38 bits per heavy atom. The van der Waals surface area contributed by atoms with Crippen LogP contribution in [0.2, 0.25) is 0 Å². The van der Waals surface area contributed by atoms with Crippen molar-refractivity contribution in [2.24, 2.45) is 5.92 Å². The minimum absolute atomic E-state index is 0.562. The van der Waals surface area contributed by atoms with E-state index in [2.05, 4.69) is 9.47 Å². The summed E-state index contributed by atoms with van der Waals surface area (Å²) >= 11 is 0. The van der Waals surface area contributed by atoms with E-state index in [1.807, 2.05) is 0 Å². The third-order valence-corrected chi connectivity index (χ3v) is 1.70. The van der Waals surface area contributed by atoms with Gasteiger partial charge in [0.15, 0.2) is 12.0 Å². The van der Waals surface area contributed by atoms with E-state index in [1.54, 1.807) is 0 Å². The average Bonchev–Trinajstić information content (AvgIpc) is 2.08. The predicted molar refractivity (Wildman–Crippen MR) is 38.4 cm³/mol. The van der Waals surface area contributed by atoms with Crippen molar-refractivity contribution in [1.29, 1.82) is 0 Å². The molecule has 0 aromatic carbocycles. The molecule has 0 saturated heterocycles. The average molecular weight is 254 g/mol. The van der Waals surface area contributed by atoms with Crippen molar-refractivity contribution < 1.29 is 40.6 Å². The summed E-state index contributed by atoms with van der Waals surface area (Å²) in [7, 11) is 1.23. The van der Waals surface area contributed by atoms with Crippen LogP contribution in [0.4, 0.5) is 26.3 Å². The van der Waals surface area contributed by atoms with Gasteiger partial charge in [-0.15, -0.1) is 0 Å². The Balaban J connectivity index is 5.25. The number of alkyl halides is 6. The monoisotopic (exact) mass is 254 g/mol. The maximum atomic E-state index is 12.1. The standard InChI is InChI=1S/C7H8F6O3/c1-15-3(5(14)16-2)4(6(8,9)10)7(11,12)13/h3-4H,1-2H3. The smallest absolute Gasteiger partial charge is 0.403 e. The first kappa shape index (κ1) is 15.0. The summed E-state index contributed by atoms with van der Waals surface area (Å²) in [6.45, 7) is 0. The number of ether oxygens (including phenoxy) is 2. The summed E-state index contributed by atoms with van der Waals surface area (Å²) in [6.07, 6.45) is -14.1. The molecular formula is C7H8F6O3. The molecule has 0 bridgehead atoms. The van der Waals surface area contributed by atoms with Crippen molar-refractivity contribution in [3.63, 3.8) is 0 Å². The molecule has 0 heterocycles. The molecule has 0 fully saturated rings. The molecule has 0 aliphatic rings. The Kier molecular flexibility index (Phi) is 4.59. The number of hydrogen-bond donors (Lipinski definition) is 0. The van der Waals surface area contributed by atoms with Gasteiger partial charge in [0.25, 0.3) is 0 Å². The third-order valence-electron chi connectivity index (χ3n) is 1.70. The summed E-state index contributed by atoms with van der Waals surface area (Å²) in [6, 6.07) is 0. The summed E-state index contributed by atoms with van der Waals surface area (Å²) in [5, 5.41) is 0. The lowest BCUT2D eigenvalue weighted by atomic mass is 10.0. The van der Waals surface area contributed by atoms with Crippen molar-refractivity contribution in [3.8, 4) is 0 Å². The van der Waals surface area contributed by atoms with Crippen LogP contribution in [0.5, 0.6) is 0 Å². The highest BCUT2D eigenvalue weighted by molar-refractivity contribution is 5.75. The van der Waals surface area contributed by atoms with E-state index in [4.69, 9.17) is 0 Å². The van der Waals surface area contributed by atoms with Crippen LogP contribution in [-0.4, -0.2) is 38.6 Å². The van der Waals surface area contributed by atoms with Crippen LogP contribution < -0.4 is 0 Å². The summed E-state index contributed by atoms with van der Waals surface area (Å²) in [5.74, 6) is -5.64. The van der Waals surface area contributed by atoms with Crippen LogP contribution in [0.3, 0.4) is 0 Å². The molecule has 9 heteroatoms. The van der Waals surface area contributed by atoms with Crippen molar-refractivity contribution in [2.45, 2.75) is 18.5 Å². The molecule has 0 aromatic heterocycles. The Morgan fingerprint density at radius 3 is 1.56 bits per heavy atom. The van der Waals surface area contributed by atoms with Crippen LogP contribution in [0.25, 0.3) is 0 Å². The van der Waals surface area contributed by atoms with Crippen molar-refractivity contribution in [2.75, 3.05) is 14.2 Å². The molecule has 0 aromatic rings. The van der Waals surface area contributed by atoms with Crippen LogP contribution in [0.15, 0.2) is 0 Å². The molecule has 16 heavy (non-hydrogen) atoms. The summed E-state index contributed by atoms with van der Waals surface area (Å²) in [5.41, 5.74) is 0. The van der Waals surface area contributed by atoms with Crippen LogP contribution in [-0.2, 0) is 14.3 Å².